The van der Waals surface area contributed by atoms with Crippen LogP contribution in [-0.2, 0) is 4.74 Å². The molecule has 1 aromatic carbocycles. The summed E-state index contributed by atoms with van der Waals surface area (Å²) in [6.45, 7) is 8.97. The van der Waals surface area contributed by atoms with Crippen LogP contribution in [0.1, 0.15) is 27.7 Å². The Morgan fingerprint density at radius 1 is 1.33 bits per heavy atom. The third kappa shape index (κ3) is 4.43. The Hall–Kier alpha value is -1.67. The molecule has 0 N–H and O–H groups in total. The summed E-state index contributed by atoms with van der Waals surface area (Å²) in [7, 11) is 0. The Morgan fingerprint density at radius 3 is 2.67 bits per heavy atom. The summed E-state index contributed by atoms with van der Waals surface area (Å²) in [5, 5.41) is 0.676. The first-order valence-electron chi connectivity index (χ1n) is 8.62. The lowest BCUT2D eigenvalue weighted by atomic mass is 10.1. The van der Waals surface area contributed by atoms with Crippen LogP contribution in [0.15, 0.2) is 16.6 Å². The van der Waals surface area contributed by atoms with Crippen molar-refractivity contribution in [3.05, 3.63) is 27.7 Å². The maximum absolute atomic E-state index is 14.1. The third-order valence-corrected chi connectivity index (χ3v) is 5.02. The molecule has 1 aliphatic heterocycles. The van der Waals surface area contributed by atoms with Gasteiger partial charge in [0.1, 0.15) is 17.2 Å². The van der Waals surface area contributed by atoms with Crippen LogP contribution in [-0.4, -0.2) is 52.2 Å². The summed E-state index contributed by atoms with van der Waals surface area (Å²) < 4.78 is 19.9. The highest BCUT2D eigenvalue weighted by Crippen LogP contribution is 2.31. The molecule has 0 radical (unpaired) electrons. The number of halogens is 3. The van der Waals surface area contributed by atoms with E-state index in [1.165, 1.54) is 6.07 Å². The molecule has 1 atom stereocenters. The smallest absolute Gasteiger partial charge is 0.410 e. The average molecular weight is 460 g/mol. The van der Waals surface area contributed by atoms with E-state index in [4.69, 9.17) is 16.3 Å². The van der Waals surface area contributed by atoms with Gasteiger partial charge in [-0.1, -0.05) is 0 Å². The van der Waals surface area contributed by atoms with E-state index >= 15 is 0 Å². The number of piperazine rings is 1. The van der Waals surface area contributed by atoms with Gasteiger partial charge in [-0.05, 0) is 67.4 Å². The third-order valence-electron chi connectivity index (χ3n) is 4.24. The van der Waals surface area contributed by atoms with Crippen LogP contribution in [0, 0.1) is 5.82 Å². The SMILES string of the molecule is C[C@@H]1CN(C(=O)OC(C)(C)C)CCN1c1nc(Cl)nc2cc(Br)c(F)cc12. The number of nitrogens with zero attached hydrogens (tertiary/aromatic N) is 4. The van der Waals surface area contributed by atoms with Crippen LogP contribution in [0.2, 0.25) is 5.28 Å². The molecular formula is C18H21BrClFN4O2. The van der Waals surface area contributed by atoms with Crippen molar-refractivity contribution >= 4 is 50.3 Å². The molecule has 1 fully saturated rings. The molecule has 0 aliphatic carbocycles. The fourth-order valence-electron chi connectivity index (χ4n) is 3.06. The second-order valence-electron chi connectivity index (χ2n) is 7.57. The molecule has 1 aliphatic rings. The van der Waals surface area contributed by atoms with Crippen LogP contribution in [0.3, 0.4) is 0 Å². The fourth-order valence-corrected chi connectivity index (χ4v) is 3.57. The summed E-state index contributed by atoms with van der Waals surface area (Å²) in [5.74, 6) is 0.169. The molecule has 2 heterocycles. The molecule has 2 aromatic rings. The Balaban J connectivity index is 1.88. The van der Waals surface area contributed by atoms with E-state index in [0.29, 0.717) is 40.8 Å². The van der Waals surface area contributed by atoms with Crippen molar-refractivity contribution in [3.8, 4) is 0 Å². The first-order valence-corrected chi connectivity index (χ1v) is 9.79. The van der Waals surface area contributed by atoms with Crippen molar-refractivity contribution in [1.29, 1.82) is 0 Å². The number of aromatic nitrogens is 2. The normalized spacial score (nSPS) is 18.1. The molecule has 1 saturated heterocycles. The lowest BCUT2D eigenvalue weighted by molar-refractivity contribution is 0.0218. The zero-order valence-electron chi connectivity index (χ0n) is 15.6. The highest BCUT2D eigenvalue weighted by Gasteiger charge is 2.31. The maximum atomic E-state index is 14.1. The molecule has 1 aromatic heterocycles. The highest BCUT2D eigenvalue weighted by molar-refractivity contribution is 9.10. The van der Waals surface area contributed by atoms with E-state index in [-0.39, 0.29) is 17.4 Å². The lowest BCUT2D eigenvalue weighted by Gasteiger charge is -2.41. The number of anilines is 1. The number of hydrogen-bond acceptors (Lipinski definition) is 5. The number of fused-ring (bicyclic) bond motifs is 1. The Kier molecular flexibility index (Phi) is 5.49. The summed E-state index contributed by atoms with van der Waals surface area (Å²) in [6, 6.07) is 2.94. The largest absolute Gasteiger partial charge is 0.444 e. The van der Waals surface area contributed by atoms with Gasteiger partial charge in [-0.15, -0.1) is 0 Å². The first kappa shape index (κ1) is 20.1. The van der Waals surface area contributed by atoms with Gasteiger partial charge in [0.2, 0.25) is 5.28 Å². The topological polar surface area (TPSA) is 58.6 Å². The van der Waals surface area contributed by atoms with Gasteiger partial charge < -0.3 is 14.5 Å². The molecule has 146 valence electrons. The van der Waals surface area contributed by atoms with Crippen LogP contribution in [0.25, 0.3) is 10.9 Å². The summed E-state index contributed by atoms with van der Waals surface area (Å²) in [6.07, 6.45) is -0.338. The van der Waals surface area contributed by atoms with Crippen molar-refractivity contribution in [2.45, 2.75) is 39.3 Å². The van der Waals surface area contributed by atoms with E-state index in [2.05, 4.69) is 25.9 Å². The van der Waals surface area contributed by atoms with Crippen molar-refractivity contribution in [3.63, 3.8) is 0 Å². The summed E-state index contributed by atoms with van der Waals surface area (Å²) in [5.41, 5.74) is 0.0127. The van der Waals surface area contributed by atoms with Crippen molar-refractivity contribution in [2.75, 3.05) is 24.5 Å². The second kappa shape index (κ2) is 7.39. The van der Waals surface area contributed by atoms with Crippen LogP contribution in [0.5, 0.6) is 0 Å². The molecule has 1 amide bonds. The van der Waals surface area contributed by atoms with E-state index in [0.717, 1.165) is 0 Å². The number of carbonyl (C=O) groups is 1. The van der Waals surface area contributed by atoms with Gasteiger partial charge in [0, 0.05) is 31.1 Å². The fraction of sp³-hybridized carbons (Fsp3) is 0.500. The van der Waals surface area contributed by atoms with E-state index in [9.17, 15) is 9.18 Å². The van der Waals surface area contributed by atoms with E-state index < -0.39 is 11.4 Å². The number of amides is 1. The zero-order chi connectivity index (χ0) is 19.9. The van der Waals surface area contributed by atoms with Gasteiger partial charge >= 0.3 is 6.09 Å². The molecule has 0 unspecified atom stereocenters. The molecule has 0 saturated carbocycles. The molecule has 9 heteroatoms. The van der Waals surface area contributed by atoms with Gasteiger partial charge in [0.15, 0.2) is 0 Å². The second-order valence-corrected chi connectivity index (χ2v) is 8.76. The predicted molar refractivity (Wildman–Crippen MR) is 107 cm³/mol. The van der Waals surface area contributed by atoms with Gasteiger partial charge in [-0.3, -0.25) is 0 Å². The Morgan fingerprint density at radius 2 is 2.04 bits per heavy atom. The number of hydrogen-bond donors (Lipinski definition) is 0. The van der Waals surface area contributed by atoms with Crippen molar-refractivity contribution in [1.82, 2.24) is 14.9 Å². The van der Waals surface area contributed by atoms with Crippen molar-refractivity contribution < 1.29 is 13.9 Å². The standard InChI is InChI=1S/C18H21BrClFN4O2/c1-10-9-24(17(26)27-18(2,3)4)5-6-25(10)15-11-7-13(21)12(19)8-14(11)22-16(20)23-15/h7-8,10H,5-6,9H2,1-4H3/t10-/m1/s1. The molecule has 0 bridgehead atoms. The van der Waals surface area contributed by atoms with Crippen LogP contribution >= 0.6 is 27.5 Å². The monoisotopic (exact) mass is 458 g/mol. The average Bonchev–Trinajstić information content (AvgIpc) is 2.54. The highest BCUT2D eigenvalue weighted by atomic mass is 79.9. The predicted octanol–water partition coefficient (Wildman–Crippen LogP) is 4.63. The molecular weight excluding hydrogens is 439 g/mol. The van der Waals surface area contributed by atoms with Gasteiger partial charge in [0.05, 0.1) is 9.99 Å². The van der Waals surface area contributed by atoms with E-state index in [1.54, 1.807) is 11.0 Å². The zero-order valence-corrected chi connectivity index (χ0v) is 17.9. The molecule has 27 heavy (non-hydrogen) atoms. The number of rotatable bonds is 1. The van der Waals surface area contributed by atoms with E-state index in [1.807, 2.05) is 32.6 Å². The number of carbonyl (C=O) groups excluding carboxylic acids is 1. The minimum atomic E-state index is -0.543. The quantitative estimate of drug-likeness (QED) is 0.582. The summed E-state index contributed by atoms with van der Waals surface area (Å²) in [4.78, 5) is 24.6. The van der Waals surface area contributed by atoms with Crippen LogP contribution < -0.4 is 4.90 Å². The number of ether oxygens (including phenoxy) is 1. The minimum Gasteiger partial charge on any atom is -0.444 e. The van der Waals surface area contributed by atoms with Crippen molar-refractivity contribution in [2.24, 2.45) is 0 Å². The van der Waals surface area contributed by atoms with Gasteiger partial charge in [-0.2, -0.15) is 4.98 Å². The minimum absolute atomic E-state index is 0.0489. The lowest BCUT2D eigenvalue weighted by Crippen LogP contribution is -2.54. The van der Waals surface area contributed by atoms with Gasteiger partial charge in [0.25, 0.3) is 0 Å². The molecule has 0 spiro atoms. The van der Waals surface area contributed by atoms with Crippen LogP contribution in [0.4, 0.5) is 15.0 Å². The first-order chi connectivity index (χ1) is 12.5. The Labute approximate surface area is 170 Å². The Bertz CT molecular complexity index is 890. The van der Waals surface area contributed by atoms with Gasteiger partial charge in [-0.25, -0.2) is 14.2 Å². The number of benzene rings is 1. The summed E-state index contributed by atoms with van der Waals surface area (Å²) >= 11 is 9.26. The molecule has 6 nitrogen and oxygen atoms in total. The molecule has 3 rings (SSSR count). The maximum Gasteiger partial charge on any atom is 0.410 e.